The first kappa shape index (κ1) is 39.5. The number of likely N-dealkylation sites (tertiary alicyclic amines) is 1. The molecule has 10 rings (SSSR count). The fraction of sp³-hybridized carbons (Fsp3) is 0.362. The summed E-state index contributed by atoms with van der Waals surface area (Å²) >= 11 is 0. The standard InChI is InChI=1S/C47H44F2N8O5/c48-32-15-18-55(26-32)41-10-8-39(49)44(38(41)21-50)62-35-6-9-40-37(20-35)47(61)57(27-51-40)34-4-2-33(3-5-34)54-16-13-28(14-17-54)22-53-23-31(24-53)29-1-7-36-30(19-29)25-56(46(36)60)42-11-12-43(58)52-45(42)59/h1-10,19-20,27-28,31-32,42H,11-18,22-26H2,(H,52,58,59)/t32-,42+/m1/s1. The van der Waals surface area contributed by atoms with Gasteiger partial charge in [0, 0.05) is 75.9 Å². The predicted molar refractivity (Wildman–Crippen MR) is 227 cm³/mol. The summed E-state index contributed by atoms with van der Waals surface area (Å²) in [5.41, 5.74) is 5.01. The van der Waals surface area contributed by atoms with E-state index in [0.29, 0.717) is 60.2 Å². The smallest absolute Gasteiger partial charge is 0.265 e. The fourth-order valence-electron chi connectivity index (χ4n) is 9.76. The molecule has 0 aliphatic carbocycles. The minimum atomic E-state index is -1.02. The van der Waals surface area contributed by atoms with Gasteiger partial charge in [-0.3, -0.25) is 29.1 Å². The summed E-state index contributed by atoms with van der Waals surface area (Å²) in [6, 6.07) is 22.7. The van der Waals surface area contributed by atoms with Crippen molar-refractivity contribution in [1.82, 2.24) is 24.7 Å². The minimum Gasteiger partial charge on any atom is -0.453 e. The Morgan fingerprint density at radius 2 is 1.63 bits per heavy atom. The first-order valence-electron chi connectivity index (χ1n) is 21.3. The molecule has 6 heterocycles. The molecule has 1 aromatic heterocycles. The molecule has 0 radical (unpaired) electrons. The molecular weight excluding hydrogens is 795 g/mol. The number of piperidine rings is 2. The highest BCUT2D eigenvalue weighted by Crippen LogP contribution is 2.38. The number of ether oxygens (including phenoxy) is 1. The molecule has 13 nitrogen and oxygen atoms in total. The number of nitrogens with zero attached hydrogens (tertiary/aromatic N) is 7. The number of nitriles is 1. The predicted octanol–water partition coefficient (Wildman–Crippen LogP) is 5.81. The third-order valence-corrected chi connectivity index (χ3v) is 13.2. The number of hydrogen-bond acceptors (Lipinski definition) is 10. The Morgan fingerprint density at radius 3 is 2.37 bits per heavy atom. The maximum atomic E-state index is 15.1. The highest BCUT2D eigenvalue weighted by Gasteiger charge is 2.40. The Bertz CT molecular complexity index is 2720. The van der Waals surface area contributed by atoms with Crippen LogP contribution in [-0.2, 0) is 16.1 Å². The monoisotopic (exact) mass is 838 g/mol. The second-order valence-electron chi connectivity index (χ2n) is 17.1. The van der Waals surface area contributed by atoms with Crippen LogP contribution >= 0.6 is 0 Å². The van der Waals surface area contributed by atoms with Gasteiger partial charge in [0.1, 0.15) is 35.9 Å². The van der Waals surface area contributed by atoms with Gasteiger partial charge in [-0.05, 0) is 103 Å². The zero-order chi connectivity index (χ0) is 42.6. The Balaban J connectivity index is 0.740. The molecule has 0 saturated carbocycles. The summed E-state index contributed by atoms with van der Waals surface area (Å²) in [4.78, 5) is 63.7. The van der Waals surface area contributed by atoms with Crippen molar-refractivity contribution in [3.63, 3.8) is 0 Å². The molecule has 0 spiro atoms. The number of imide groups is 1. The zero-order valence-corrected chi connectivity index (χ0v) is 33.9. The third-order valence-electron chi connectivity index (χ3n) is 13.2. The van der Waals surface area contributed by atoms with Crippen LogP contribution in [0.25, 0.3) is 16.6 Å². The molecule has 3 amide bonds. The highest BCUT2D eigenvalue weighted by atomic mass is 19.1. The van der Waals surface area contributed by atoms with E-state index in [2.05, 4.69) is 26.2 Å². The molecule has 4 fully saturated rings. The van der Waals surface area contributed by atoms with Crippen LogP contribution in [0.4, 0.5) is 20.2 Å². The van der Waals surface area contributed by atoms with E-state index in [9.17, 15) is 28.8 Å². The number of hydrogen-bond donors (Lipinski definition) is 1. The van der Waals surface area contributed by atoms with E-state index in [4.69, 9.17) is 4.74 Å². The second-order valence-corrected chi connectivity index (χ2v) is 17.1. The van der Waals surface area contributed by atoms with Crippen LogP contribution in [0.2, 0.25) is 0 Å². The van der Waals surface area contributed by atoms with E-state index in [0.717, 1.165) is 56.8 Å². The van der Waals surface area contributed by atoms with Gasteiger partial charge >= 0.3 is 0 Å². The van der Waals surface area contributed by atoms with Crippen LogP contribution in [0, 0.1) is 23.1 Å². The summed E-state index contributed by atoms with van der Waals surface area (Å²) in [7, 11) is 0. The number of carbonyl (C=O) groups excluding carboxylic acids is 3. The van der Waals surface area contributed by atoms with E-state index in [-0.39, 0.29) is 52.8 Å². The molecule has 5 aliphatic rings. The van der Waals surface area contributed by atoms with Crippen molar-refractivity contribution in [3.8, 4) is 23.3 Å². The first-order chi connectivity index (χ1) is 30.1. The van der Waals surface area contributed by atoms with E-state index in [1.54, 1.807) is 21.9 Å². The number of halogens is 2. The molecule has 0 bridgehead atoms. The number of nitrogens with one attached hydrogen (secondary N) is 1. The van der Waals surface area contributed by atoms with Gasteiger partial charge in [0.05, 0.1) is 22.3 Å². The van der Waals surface area contributed by atoms with Crippen molar-refractivity contribution in [3.05, 3.63) is 118 Å². The number of aromatic nitrogens is 2. The van der Waals surface area contributed by atoms with Crippen molar-refractivity contribution in [2.24, 2.45) is 5.92 Å². The number of anilines is 2. The molecule has 0 unspecified atom stereocenters. The summed E-state index contributed by atoms with van der Waals surface area (Å²) in [5, 5.41) is 12.6. The van der Waals surface area contributed by atoms with Gasteiger partial charge in [0.2, 0.25) is 11.8 Å². The Hall–Kier alpha value is -6.66. The topological polar surface area (TPSA) is 144 Å². The van der Waals surface area contributed by atoms with Crippen LogP contribution < -0.4 is 25.4 Å². The van der Waals surface area contributed by atoms with Gasteiger partial charge in [-0.2, -0.15) is 5.26 Å². The molecule has 4 saturated heterocycles. The van der Waals surface area contributed by atoms with Crippen LogP contribution in [0.5, 0.6) is 11.5 Å². The second kappa shape index (κ2) is 16.0. The van der Waals surface area contributed by atoms with Crippen molar-refractivity contribution in [1.29, 1.82) is 5.26 Å². The summed E-state index contributed by atoms with van der Waals surface area (Å²) in [6.45, 7) is 5.75. The molecule has 4 aromatic carbocycles. The Labute approximate surface area is 356 Å². The van der Waals surface area contributed by atoms with Gasteiger partial charge in [-0.15, -0.1) is 0 Å². The SMILES string of the molecule is N#Cc1c(N2CC[C@@H](F)C2)ccc(F)c1Oc1ccc2ncn(-c3ccc(N4CCC(CN5CC(c6ccc7c(c6)CN([C@H]6CCC(=O)NC6=O)C7=O)C5)CC4)cc3)c(=O)c2c1. The Kier molecular flexibility index (Phi) is 10.2. The summed E-state index contributed by atoms with van der Waals surface area (Å²) in [5.74, 6) is -0.696. The molecule has 1 N–H and O–H groups in total. The number of benzene rings is 4. The van der Waals surface area contributed by atoms with Crippen LogP contribution in [0.15, 0.2) is 83.9 Å². The van der Waals surface area contributed by atoms with Crippen molar-refractivity contribution >= 4 is 40.0 Å². The molecule has 316 valence electrons. The minimum absolute atomic E-state index is 0.0335. The quantitative estimate of drug-likeness (QED) is 0.181. The van der Waals surface area contributed by atoms with Gasteiger partial charge in [-0.25, -0.2) is 13.8 Å². The van der Waals surface area contributed by atoms with Crippen LogP contribution in [-0.4, -0.2) is 95.1 Å². The van der Waals surface area contributed by atoms with Crippen LogP contribution in [0.3, 0.4) is 0 Å². The fourth-order valence-corrected chi connectivity index (χ4v) is 9.76. The molecule has 15 heteroatoms. The largest absolute Gasteiger partial charge is 0.453 e. The first-order valence-corrected chi connectivity index (χ1v) is 21.3. The van der Waals surface area contributed by atoms with Gasteiger partial charge in [0.15, 0.2) is 11.6 Å². The maximum absolute atomic E-state index is 15.1. The van der Waals surface area contributed by atoms with Crippen molar-refractivity contribution < 1.29 is 27.9 Å². The van der Waals surface area contributed by atoms with E-state index in [1.807, 2.05) is 42.5 Å². The van der Waals surface area contributed by atoms with Gasteiger partial charge < -0.3 is 24.3 Å². The molecule has 62 heavy (non-hydrogen) atoms. The highest BCUT2D eigenvalue weighted by molar-refractivity contribution is 6.05. The Morgan fingerprint density at radius 1 is 0.855 bits per heavy atom. The number of carbonyl (C=O) groups is 3. The average Bonchev–Trinajstić information content (AvgIpc) is 3.85. The normalized spacial score (nSPS) is 21.0. The maximum Gasteiger partial charge on any atom is 0.265 e. The summed E-state index contributed by atoms with van der Waals surface area (Å²) in [6.07, 6.45) is 3.52. The third kappa shape index (κ3) is 7.31. The molecule has 2 atom stereocenters. The van der Waals surface area contributed by atoms with E-state index >= 15 is 4.39 Å². The zero-order valence-electron chi connectivity index (χ0n) is 33.9. The number of fused-ring (bicyclic) bond motifs is 2. The van der Waals surface area contributed by atoms with Crippen molar-refractivity contribution in [2.75, 3.05) is 55.6 Å². The lowest BCUT2D eigenvalue weighted by molar-refractivity contribution is -0.136. The van der Waals surface area contributed by atoms with Crippen LogP contribution in [0.1, 0.15) is 65.1 Å². The summed E-state index contributed by atoms with van der Waals surface area (Å²) < 4.78 is 36.4. The lowest BCUT2D eigenvalue weighted by atomic mass is 9.87. The van der Waals surface area contributed by atoms with E-state index < -0.39 is 23.9 Å². The van der Waals surface area contributed by atoms with E-state index in [1.165, 1.54) is 34.7 Å². The number of rotatable bonds is 9. The van der Waals surface area contributed by atoms with Gasteiger partial charge in [0.25, 0.3) is 11.5 Å². The number of alkyl halides is 1. The molecule has 5 aromatic rings. The van der Waals surface area contributed by atoms with Gasteiger partial charge in [-0.1, -0.05) is 12.1 Å². The lowest BCUT2D eigenvalue weighted by Gasteiger charge is -2.43. The lowest BCUT2D eigenvalue weighted by Crippen LogP contribution is -2.52. The molecular formula is C47H44F2N8O5. The van der Waals surface area contributed by atoms with Crippen molar-refractivity contribution in [2.45, 2.75) is 56.8 Å². The molecule has 5 aliphatic heterocycles. The number of amides is 3. The average molecular weight is 839 g/mol.